The Morgan fingerprint density at radius 2 is 1.85 bits per heavy atom. The van der Waals surface area contributed by atoms with E-state index in [2.05, 4.69) is 4.72 Å². The molecule has 6 heteroatoms. The van der Waals surface area contributed by atoms with E-state index in [1.807, 2.05) is 0 Å². The molecule has 0 amide bonds. The van der Waals surface area contributed by atoms with Crippen LogP contribution in [-0.4, -0.2) is 43.6 Å². The Hall–Kier alpha value is -0.170. The van der Waals surface area contributed by atoms with Gasteiger partial charge in [0.1, 0.15) is 0 Å². The third-order valence-corrected chi connectivity index (χ3v) is 3.54. The van der Waals surface area contributed by atoms with E-state index < -0.39 is 16.3 Å². The van der Waals surface area contributed by atoms with Crippen molar-refractivity contribution in [3.05, 3.63) is 0 Å². The number of hydrogen-bond acceptors (Lipinski definition) is 3. The fourth-order valence-corrected chi connectivity index (χ4v) is 2.04. The summed E-state index contributed by atoms with van der Waals surface area (Å²) in [7, 11) is -2.01. The highest BCUT2D eigenvalue weighted by Crippen LogP contribution is 2.01. The summed E-state index contributed by atoms with van der Waals surface area (Å²) < 4.78 is 26.4. The first-order valence-corrected chi connectivity index (χ1v) is 5.61. The quantitative estimate of drug-likeness (QED) is 0.645. The van der Waals surface area contributed by atoms with Crippen molar-refractivity contribution >= 4 is 10.2 Å². The number of aliphatic hydroxyl groups is 1. The van der Waals surface area contributed by atoms with Gasteiger partial charge in [-0.1, -0.05) is 0 Å². The van der Waals surface area contributed by atoms with Gasteiger partial charge in [0, 0.05) is 19.1 Å². The second-order valence-electron chi connectivity index (χ2n) is 3.33. The highest BCUT2D eigenvalue weighted by molar-refractivity contribution is 7.87. The third kappa shape index (κ3) is 4.04. The third-order valence-electron chi connectivity index (χ3n) is 1.65. The maximum absolute atomic E-state index is 11.4. The van der Waals surface area contributed by atoms with Crippen molar-refractivity contribution in [3.8, 4) is 0 Å². The van der Waals surface area contributed by atoms with E-state index in [4.69, 9.17) is 5.11 Å². The van der Waals surface area contributed by atoms with E-state index in [1.54, 1.807) is 20.8 Å². The van der Waals surface area contributed by atoms with E-state index in [1.165, 1.54) is 7.05 Å². The van der Waals surface area contributed by atoms with Crippen LogP contribution in [-0.2, 0) is 10.2 Å². The van der Waals surface area contributed by atoms with Crippen LogP contribution in [0.5, 0.6) is 0 Å². The lowest BCUT2D eigenvalue weighted by Gasteiger charge is -2.23. The summed E-state index contributed by atoms with van der Waals surface area (Å²) >= 11 is 0. The average Bonchev–Trinajstić information content (AvgIpc) is 1.99. The molecule has 0 bridgehead atoms. The van der Waals surface area contributed by atoms with Crippen LogP contribution in [0.25, 0.3) is 0 Å². The monoisotopic (exact) mass is 210 g/mol. The smallest absolute Gasteiger partial charge is 0.279 e. The minimum atomic E-state index is -3.45. The van der Waals surface area contributed by atoms with Gasteiger partial charge in [-0.25, -0.2) is 0 Å². The van der Waals surface area contributed by atoms with Crippen LogP contribution in [0.15, 0.2) is 0 Å². The Balaban J connectivity index is 4.46. The summed E-state index contributed by atoms with van der Waals surface area (Å²) in [6, 6.07) is -0.547. The topological polar surface area (TPSA) is 69.6 Å². The maximum Gasteiger partial charge on any atom is 0.279 e. The molecule has 0 aliphatic carbocycles. The van der Waals surface area contributed by atoms with Gasteiger partial charge in [-0.2, -0.15) is 17.4 Å². The van der Waals surface area contributed by atoms with Gasteiger partial charge in [0.2, 0.25) is 0 Å². The molecular weight excluding hydrogens is 192 g/mol. The van der Waals surface area contributed by atoms with Gasteiger partial charge >= 0.3 is 0 Å². The zero-order valence-electron chi connectivity index (χ0n) is 8.48. The largest absolute Gasteiger partial charge is 0.395 e. The van der Waals surface area contributed by atoms with Crippen molar-refractivity contribution in [2.75, 3.05) is 13.7 Å². The first-order valence-electron chi connectivity index (χ1n) is 4.17. The Morgan fingerprint density at radius 1 is 1.38 bits per heavy atom. The molecule has 0 rings (SSSR count). The van der Waals surface area contributed by atoms with E-state index >= 15 is 0 Å². The average molecular weight is 210 g/mol. The van der Waals surface area contributed by atoms with Crippen molar-refractivity contribution < 1.29 is 13.5 Å². The summed E-state index contributed by atoms with van der Waals surface area (Å²) in [5.74, 6) is 0. The number of hydrogen-bond donors (Lipinski definition) is 2. The molecule has 5 nitrogen and oxygen atoms in total. The summed E-state index contributed by atoms with van der Waals surface area (Å²) in [6.45, 7) is 4.94. The molecule has 0 spiro atoms. The molecule has 0 radical (unpaired) electrons. The Labute approximate surface area is 79.9 Å². The number of nitrogens with one attached hydrogen (secondary N) is 1. The molecular formula is C7H18N2O3S. The maximum atomic E-state index is 11.4. The lowest BCUT2D eigenvalue weighted by Crippen LogP contribution is -2.46. The molecule has 0 fully saturated rings. The summed E-state index contributed by atoms with van der Waals surface area (Å²) in [5, 5.41) is 8.77. The van der Waals surface area contributed by atoms with Crippen LogP contribution in [0.1, 0.15) is 20.8 Å². The van der Waals surface area contributed by atoms with Crippen LogP contribution >= 0.6 is 0 Å². The molecule has 2 N–H and O–H groups in total. The Kier molecular flexibility index (Phi) is 4.83. The zero-order chi connectivity index (χ0) is 10.6. The normalized spacial score (nSPS) is 15.3. The van der Waals surface area contributed by atoms with Crippen LogP contribution in [0.2, 0.25) is 0 Å². The fourth-order valence-electron chi connectivity index (χ4n) is 0.733. The fraction of sp³-hybridized carbons (Fsp3) is 1.00. The van der Waals surface area contributed by atoms with Crippen molar-refractivity contribution in [1.82, 2.24) is 9.03 Å². The minimum Gasteiger partial charge on any atom is -0.395 e. The first-order chi connectivity index (χ1) is 5.81. The van der Waals surface area contributed by atoms with Crippen molar-refractivity contribution in [3.63, 3.8) is 0 Å². The number of likely N-dealkylation sites (N-methyl/N-ethyl adjacent to an activating group) is 1. The highest BCUT2D eigenvalue weighted by atomic mass is 32.2. The Bertz CT molecular complexity index is 238. The van der Waals surface area contributed by atoms with Crippen LogP contribution in [0.3, 0.4) is 0 Å². The van der Waals surface area contributed by atoms with Crippen molar-refractivity contribution in [2.45, 2.75) is 32.9 Å². The molecule has 0 aromatic heterocycles. The van der Waals surface area contributed by atoms with Gasteiger partial charge in [-0.3, -0.25) is 0 Å². The standard InChI is InChI=1S/C7H18N2O3S/c1-6(2)8-13(11,12)9(4)7(3)5-10/h6-8,10H,5H2,1-4H3. The number of nitrogens with zero attached hydrogens (tertiary/aromatic N) is 1. The number of aliphatic hydroxyl groups excluding tert-OH is 1. The van der Waals surface area contributed by atoms with Crippen LogP contribution in [0.4, 0.5) is 0 Å². The van der Waals surface area contributed by atoms with Crippen LogP contribution < -0.4 is 4.72 Å². The second-order valence-corrected chi connectivity index (χ2v) is 5.09. The lowest BCUT2D eigenvalue weighted by molar-refractivity contribution is 0.212. The molecule has 0 aromatic rings. The zero-order valence-corrected chi connectivity index (χ0v) is 9.30. The summed E-state index contributed by atoms with van der Waals surface area (Å²) in [5.41, 5.74) is 0. The molecule has 1 atom stereocenters. The van der Waals surface area contributed by atoms with E-state index in [0.717, 1.165) is 4.31 Å². The molecule has 0 saturated heterocycles. The molecule has 1 unspecified atom stereocenters. The van der Waals surface area contributed by atoms with Gasteiger partial charge < -0.3 is 5.11 Å². The molecule has 80 valence electrons. The van der Waals surface area contributed by atoms with Gasteiger partial charge in [-0.05, 0) is 20.8 Å². The van der Waals surface area contributed by atoms with E-state index in [9.17, 15) is 8.42 Å². The molecule has 13 heavy (non-hydrogen) atoms. The second kappa shape index (κ2) is 4.90. The molecule has 0 saturated carbocycles. The van der Waals surface area contributed by atoms with Crippen molar-refractivity contribution in [2.24, 2.45) is 0 Å². The Morgan fingerprint density at radius 3 is 2.15 bits per heavy atom. The SMILES string of the molecule is CC(C)NS(=O)(=O)N(C)C(C)CO. The molecule has 0 aromatic carbocycles. The molecule has 0 aliphatic heterocycles. The highest BCUT2D eigenvalue weighted by Gasteiger charge is 2.22. The summed E-state index contributed by atoms with van der Waals surface area (Å²) in [4.78, 5) is 0. The lowest BCUT2D eigenvalue weighted by atomic mass is 10.4. The van der Waals surface area contributed by atoms with E-state index in [-0.39, 0.29) is 12.6 Å². The van der Waals surface area contributed by atoms with Gasteiger partial charge in [-0.15, -0.1) is 0 Å². The van der Waals surface area contributed by atoms with Crippen molar-refractivity contribution in [1.29, 1.82) is 0 Å². The predicted octanol–water partition coefficient (Wildman–Crippen LogP) is -0.458. The van der Waals surface area contributed by atoms with E-state index in [0.29, 0.717) is 0 Å². The first kappa shape index (κ1) is 12.8. The summed E-state index contributed by atoms with van der Waals surface area (Å²) in [6.07, 6.45) is 0. The number of rotatable bonds is 5. The molecule has 0 aliphatic rings. The van der Waals surface area contributed by atoms with Crippen LogP contribution in [0, 0.1) is 0 Å². The molecule has 0 heterocycles. The van der Waals surface area contributed by atoms with Gasteiger partial charge in [0.05, 0.1) is 6.61 Å². The minimum absolute atomic E-state index is 0.140. The van der Waals surface area contributed by atoms with Gasteiger partial charge in [0.15, 0.2) is 0 Å². The predicted molar refractivity (Wildman–Crippen MR) is 51.5 cm³/mol. The van der Waals surface area contributed by atoms with Gasteiger partial charge in [0.25, 0.3) is 10.2 Å².